The van der Waals surface area contributed by atoms with E-state index in [0.717, 1.165) is 60.4 Å². The van der Waals surface area contributed by atoms with Crippen LogP contribution in [0.25, 0.3) is 11.4 Å². The number of benzene rings is 4. The molecule has 2 amide bonds. The number of hydrogen-bond donors (Lipinski definition) is 4. The maximum Gasteiger partial charge on any atom is 0.251 e. The summed E-state index contributed by atoms with van der Waals surface area (Å²) in [5, 5.41) is 6.01. The van der Waals surface area contributed by atoms with Crippen molar-refractivity contribution < 1.29 is 19.2 Å². The summed E-state index contributed by atoms with van der Waals surface area (Å²) in [6, 6.07) is 29.6. The van der Waals surface area contributed by atoms with Gasteiger partial charge in [-0.3, -0.25) is 28.3 Å². The van der Waals surface area contributed by atoms with Crippen LogP contribution in [-0.4, -0.2) is 54.6 Å². The van der Waals surface area contributed by atoms with E-state index < -0.39 is 0 Å². The number of hydrogen-bond acceptors (Lipinski definition) is 8. The molecule has 0 bridgehead atoms. The molecule has 6 aromatic rings. The molecule has 0 saturated heterocycles. The van der Waals surface area contributed by atoms with Crippen LogP contribution in [0.3, 0.4) is 0 Å². The van der Waals surface area contributed by atoms with E-state index in [1.165, 1.54) is 0 Å². The van der Waals surface area contributed by atoms with Crippen molar-refractivity contribution in [3.63, 3.8) is 0 Å². The van der Waals surface area contributed by atoms with Crippen molar-refractivity contribution in [2.45, 2.75) is 78.3 Å². The quantitative estimate of drug-likeness (QED) is 0.0957. The average Bonchev–Trinajstić information content (AvgIpc) is 4.17. The van der Waals surface area contributed by atoms with Crippen LogP contribution in [0.4, 0.5) is 11.6 Å². The third-order valence-electron chi connectivity index (χ3n) is 10.3. The normalized spacial score (nSPS) is 13.3. The minimum absolute atomic E-state index is 0.0879. The van der Waals surface area contributed by atoms with Gasteiger partial charge < -0.3 is 22.1 Å². The molecule has 2 fully saturated rings. The lowest BCUT2D eigenvalue weighted by atomic mass is 10.1. The number of carbonyl (C=O) groups excluding carboxylic acids is 4. The Balaban J connectivity index is 0.000000177. The first-order valence-corrected chi connectivity index (χ1v) is 19.7. The zero-order valence-corrected chi connectivity index (χ0v) is 33.2. The highest BCUT2D eigenvalue weighted by Crippen LogP contribution is 2.29. The second-order valence-corrected chi connectivity index (χ2v) is 15.0. The molecular formula is C46H48N8O4. The molecule has 0 unspecified atom stereocenters. The van der Waals surface area contributed by atoms with Crippen LogP contribution in [0, 0.1) is 20.8 Å². The largest absolute Gasteiger partial charge is 0.383 e. The van der Waals surface area contributed by atoms with Crippen LogP contribution in [0.5, 0.6) is 0 Å². The molecule has 2 aliphatic carbocycles. The zero-order chi connectivity index (χ0) is 41.1. The molecule has 2 saturated carbocycles. The Hall–Kier alpha value is -6.82. The van der Waals surface area contributed by atoms with Crippen molar-refractivity contribution >= 4 is 35.0 Å². The fraction of sp³-hybridized carbons (Fsp3) is 0.261. The number of ketones is 2. The third-order valence-corrected chi connectivity index (χ3v) is 10.3. The summed E-state index contributed by atoms with van der Waals surface area (Å²) in [4.78, 5) is 59.9. The number of aryl methyl sites for hydroxylation is 4. The molecule has 2 aromatic heterocycles. The number of carbonyl (C=O) groups is 4. The molecule has 12 nitrogen and oxygen atoms in total. The van der Waals surface area contributed by atoms with Gasteiger partial charge in [0.15, 0.2) is 11.4 Å². The van der Waals surface area contributed by atoms with Gasteiger partial charge in [0.2, 0.25) is 11.6 Å². The van der Waals surface area contributed by atoms with Gasteiger partial charge in [-0.15, -0.1) is 0 Å². The summed E-state index contributed by atoms with van der Waals surface area (Å²) >= 11 is 0. The van der Waals surface area contributed by atoms with Gasteiger partial charge in [-0.2, -0.15) is 0 Å². The molecule has 0 radical (unpaired) electrons. The van der Waals surface area contributed by atoms with E-state index in [1.807, 2.05) is 66.9 Å². The Bertz CT molecular complexity index is 2510. The minimum Gasteiger partial charge on any atom is -0.383 e. The second kappa shape index (κ2) is 16.7. The number of aromatic nitrogens is 4. The van der Waals surface area contributed by atoms with Crippen LogP contribution in [0.2, 0.25) is 0 Å². The minimum atomic E-state index is -0.222. The molecule has 6 N–H and O–H groups in total. The highest BCUT2D eigenvalue weighted by atomic mass is 16.2. The van der Waals surface area contributed by atoms with Crippen LogP contribution < -0.4 is 22.1 Å². The van der Waals surface area contributed by atoms with Crippen molar-refractivity contribution in [3.8, 4) is 11.4 Å². The zero-order valence-electron chi connectivity index (χ0n) is 33.2. The van der Waals surface area contributed by atoms with Crippen molar-refractivity contribution in [1.29, 1.82) is 0 Å². The predicted molar refractivity (Wildman–Crippen MR) is 225 cm³/mol. The molecule has 0 atom stereocenters. The molecule has 58 heavy (non-hydrogen) atoms. The smallest absolute Gasteiger partial charge is 0.251 e. The number of nitrogens with one attached hydrogen (secondary N) is 2. The molecule has 12 heteroatoms. The van der Waals surface area contributed by atoms with E-state index in [1.54, 1.807) is 60.0 Å². The Kier molecular flexibility index (Phi) is 11.4. The van der Waals surface area contributed by atoms with Gasteiger partial charge in [0, 0.05) is 40.8 Å². The van der Waals surface area contributed by atoms with Gasteiger partial charge in [0.1, 0.15) is 23.3 Å². The van der Waals surface area contributed by atoms with Crippen molar-refractivity contribution in [3.05, 3.63) is 153 Å². The van der Waals surface area contributed by atoms with Crippen LogP contribution in [0.15, 0.2) is 97.1 Å². The standard InChI is InChI=1S/C24H26N4O2.C22H22N4O2/c1-3-7-20-27-21(22(29)16-8-5-4-6-9-16)23(25)28(20)19-14-17(11-10-15(19)2)24(30)26-18-12-13-18;1-13-8-9-16(22(28)25-17-10-11-17)12-18(13)26-14(2)24-19(21(26)23)20(27)15-6-4-3-5-7-15/h4-6,8-11,14,18H,3,7,12-13,25H2,1-2H3,(H,26,30);3-9,12,17H,10-11,23H2,1-2H3,(H,25,28). The number of nitrogens with zero attached hydrogens (tertiary/aromatic N) is 4. The maximum absolute atomic E-state index is 13.0. The SMILES string of the molecule is CCCc1nc(C(=O)c2ccccc2)c(N)n1-c1cc(C(=O)NC2CC2)ccc1C.Cc1ccc(C(=O)NC2CC2)cc1-n1c(C)nc(C(=O)c2ccccc2)c1N. The molecule has 8 rings (SSSR count). The maximum atomic E-state index is 13.0. The molecule has 2 heterocycles. The molecule has 0 spiro atoms. The molecule has 296 valence electrons. The predicted octanol–water partition coefficient (Wildman–Crippen LogP) is 7.03. The molecule has 0 aliphatic heterocycles. The first-order valence-electron chi connectivity index (χ1n) is 19.7. The number of amides is 2. The van der Waals surface area contributed by atoms with Crippen molar-refractivity contribution in [2.75, 3.05) is 11.5 Å². The second-order valence-electron chi connectivity index (χ2n) is 15.0. The Morgan fingerprint density at radius 1 is 0.603 bits per heavy atom. The van der Waals surface area contributed by atoms with Crippen LogP contribution >= 0.6 is 0 Å². The topological polar surface area (TPSA) is 180 Å². The number of anilines is 2. The summed E-state index contributed by atoms with van der Waals surface area (Å²) in [7, 11) is 0. The lowest BCUT2D eigenvalue weighted by molar-refractivity contribution is 0.0942. The summed E-state index contributed by atoms with van der Waals surface area (Å²) in [6.07, 6.45) is 5.65. The molecule has 4 aromatic carbocycles. The van der Waals surface area contributed by atoms with Gasteiger partial charge >= 0.3 is 0 Å². The number of nitrogens with two attached hydrogens (primary N) is 2. The first kappa shape index (κ1) is 39.4. The van der Waals surface area contributed by atoms with E-state index in [4.69, 9.17) is 11.5 Å². The van der Waals surface area contributed by atoms with E-state index in [-0.39, 0.29) is 52.7 Å². The van der Waals surface area contributed by atoms with Gasteiger partial charge in [0.25, 0.3) is 11.8 Å². The lowest BCUT2D eigenvalue weighted by Crippen LogP contribution is -2.25. The van der Waals surface area contributed by atoms with Crippen LogP contribution in [-0.2, 0) is 6.42 Å². The summed E-state index contributed by atoms with van der Waals surface area (Å²) in [5.74, 6) is 1.28. The fourth-order valence-electron chi connectivity index (χ4n) is 6.76. The summed E-state index contributed by atoms with van der Waals surface area (Å²) in [5.41, 5.74) is 18.9. The Morgan fingerprint density at radius 3 is 1.48 bits per heavy atom. The highest BCUT2D eigenvalue weighted by Gasteiger charge is 2.27. The van der Waals surface area contributed by atoms with Crippen molar-refractivity contribution in [1.82, 2.24) is 29.7 Å². The highest BCUT2D eigenvalue weighted by molar-refractivity contribution is 6.11. The number of nitrogen functional groups attached to an aromatic ring is 2. The lowest BCUT2D eigenvalue weighted by Gasteiger charge is -2.14. The fourth-order valence-corrected chi connectivity index (χ4v) is 6.76. The average molecular weight is 777 g/mol. The van der Waals surface area contributed by atoms with E-state index in [0.29, 0.717) is 40.3 Å². The summed E-state index contributed by atoms with van der Waals surface area (Å²) in [6.45, 7) is 7.76. The van der Waals surface area contributed by atoms with Gasteiger partial charge in [-0.25, -0.2) is 9.97 Å². The van der Waals surface area contributed by atoms with Gasteiger partial charge in [-0.05, 0) is 88.3 Å². The van der Waals surface area contributed by atoms with Gasteiger partial charge in [0.05, 0.1) is 11.4 Å². The summed E-state index contributed by atoms with van der Waals surface area (Å²) < 4.78 is 3.56. The van der Waals surface area contributed by atoms with Crippen LogP contribution in [0.1, 0.15) is 115 Å². The Morgan fingerprint density at radius 2 is 1.03 bits per heavy atom. The van der Waals surface area contributed by atoms with E-state index in [2.05, 4.69) is 27.5 Å². The third kappa shape index (κ3) is 8.46. The van der Waals surface area contributed by atoms with E-state index >= 15 is 0 Å². The Labute approximate surface area is 337 Å². The van der Waals surface area contributed by atoms with E-state index in [9.17, 15) is 19.2 Å². The number of rotatable bonds is 12. The molecule has 2 aliphatic rings. The first-order chi connectivity index (χ1) is 27.9. The molecular weight excluding hydrogens is 729 g/mol. The number of imidazole rings is 2. The van der Waals surface area contributed by atoms with Crippen molar-refractivity contribution in [2.24, 2.45) is 0 Å². The van der Waals surface area contributed by atoms with Gasteiger partial charge in [-0.1, -0.05) is 79.7 Å². The monoisotopic (exact) mass is 776 g/mol.